The zero-order chi connectivity index (χ0) is 16.1. The van der Waals surface area contributed by atoms with E-state index in [2.05, 4.69) is 10.2 Å². The van der Waals surface area contributed by atoms with Crippen molar-refractivity contribution in [2.75, 3.05) is 11.6 Å². The molecule has 0 aliphatic carbocycles. The summed E-state index contributed by atoms with van der Waals surface area (Å²) in [5, 5.41) is 8.60. The molecule has 0 fully saturated rings. The summed E-state index contributed by atoms with van der Waals surface area (Å²) in [4.78, 5) is 11.7. The van der Waals surface area contributed by atoms with Gasteiger partial charge in [-0.3, -0.25) is 4.79 Å². The van der Waals surface area contributed by atoms with E-state index in [9.17, 15) is 4.79 Å². The van der Waals surface area contributed by atoms with Crippen LogP contribution in [0.2, 0.25) is 0 Å². The normalized spacial score (nSPS) is 12.1. The molecule has 0 saturated heterocycles. The number of aryl methyl sites for hydroxylation is 1. The lowest BCUT2D eigenvalue weighted by molar-refractivity contribution is -0.144. The molecule has 0 spiro atoms. The van der Waals surface area contributed by atoms with Gasteiger partial charge in [-0.05, 0) is 20.3 Å². The van der Waals surface area contributed by atoms with E-state index >= 15 is 0 Å². The van der Waals surface area contributed by atoms with Crippen LogP contribution in [0.4, 0.5) is 0 Å². The number of carbonyl (C=O) groups excluding carboxylic acids is 1. The summed E-state index contributed by atoms with van der Waals surface area (Å²) in [5.41, 5.74) is 2.05. The minimum absolute atomic E-state index is 0.0769. The van der Waals surface area contributed by atoms with E-state index in [0.717, 1.165) is 17.5 Å². The summed E-state index contributed by atoms with van der Waals surface area (Å²) in [7, 11) is 0. The first kappa shape index (κ1) is 16.4. The van der Waals surface area contributed by atoms with Crippen LogP contribution in [0.5, 0.6) is 0 Å². The van der Waals surface area contributed by atoms with Gasteiger partial charge in [-0.25, -0.2) is 4.68 Å². The van der Waals surface area contributed by atoms with E-state index in [1.165, 1.54) is 16.4 Å². The molecular formula is C15H20N4O2S. The third-order valence-corrected chi connectivity index (χ3v) is 4.12. The van der Waals surface area contributed by atoms with Crippen molar-refractivity contribution in [1.82, 2.24) is 14.9 Å². The number of nitrogen functional groups attached to an aromatic ring is 1. The molecule has 118 valence electrons. The Morgan fingerprint density at radius 3 is 2.68 bits per heavy atom. The van der Waals surface area contributed by atoms with Gasteiger partial charge in [-0.2, -0.15) is 0 Å². The van der Waals surface area contributed by atoms with Gasteiger partial charge in [-0.1, -0.05) is 48.5 Å². The Morgan fingerprint density at radius 1 is 1.36 bits per heavy atom. The number of nitrogens with two attached hydrogens (primary N) is 1. The lowest BCUT2D eigenvalue weighted by Gasteiger charge is -2.10. The van der Waals surface area contributed by atoms with E-state index in [0.29, 0.717) is 11.0 Å². The van der Waals surface area contributed by atoms with Gasteiger partial charge in [0.05, 0.1) is 11.9 Å². The third-order valence-electron chi connectivity index (χ3n) is 3.20. The number of hydrogen-bond acceptors (Lipinski definition) is 6. The van der Waals surface area contributed by atoms with E-state index in [-0.39, 0.29) is 17.8 Å². The van der Waals surface area contributed by atoms with Crippen molar-refractivity contribution in [3.63, 3.8) is 0 Å². The topological polar surface area (TPSA) is 83.0 Å². The van der Waals surface area contributed by atoms with Gasteiger partial charge >= 0.3 is 5.97 Å². The van der Waals surface area contributed by atoms with Crippen LogP contribution in [0.15, 0.2) is 29.4 Å². The molecule has 2 aromatic rings. The van der Waals surface area contributed by atoms with Crippen LogP contribution in [-0.4, -0.2) is 32.7 Å². The molecule has 0 radical (unpaired) electrons. The summed E-state index contributed by atoms with van der Waals surface area (Å²) in [5.74, 6) is 6.45. The van der Waals surface area contributed by atoms with Crippen LogP contribution < -0.4 is 5.84 Å². The monoisotopic (exact) mass is 320 g/mol. The molecule has 1 unspecified atom stereocenters. The quantitative estimate of drug-likeness (QED) is 0.500. The minimum Gasteiger partial charge on any atom is -0.462 e. The molecule has 1 aromatic heterocycles. The van der Waals surface area contributed by atoms with E-state index in [4.69, 9.17) is 10.6 Å². The van der Waals surface area contributed by atoms with Gasteiger partial charge in [0.2, 0.25) is 5.16 Å². The van der Waals surface area contributed by atoms with Crippen molar-refractivity contribution in [2.45, 2.75) is 38.5 Å². The lowest BCUT2D eigenvalue weighted by Crippen LogP contribution is -2.17. The highest BCUT2D eigenvalue weighted by molar-refractivity contribution is 7.99. The standard InChI is InChI=1S/C15H20N4O2S/c1-4-11(3)21-13(20)9-22-15-18-17-14(19(15)16)12-7-5-10(2)6-8-12/h5-8,11H,4,9,16H2,1-3H3. The average Bonchev–Trinajstić information content (AvgIpc) is 2.87. The number of aromatic nitrogens is 3. The third kappa shape index (κ3) is 4.00. The Labute approximate surface area is 134 Å². The number of nitrogens with zero attached hydrogens (tertiary/aromatic N) is 3. The Kier molecular flexibility index (Phi) is 5.43. The highest BCUT2D eigenvalue weighted by Crippen LogP contribution is 2.22. The minimum atomic E-state index is -0.278. The first-order chi connectivity index (χ1) is 10.5. The number of thioether (sulfide) groups is 1. The molecule has 0 saturated carbocycles. The molecule has 0 amide bonds. The zero-order valence-electron chi connectivity index (χ0n) is 12.9. The Bertz CT molecular complexity index is 639. The Hall–Kier alpha value is -2.02. The smallest absolute Gasteiger partial charge is 0.316 e. The summed E-state index contributed by atoms with van der Waals surface area (Å²) in [6, 6.07) is 7.85. The van der Waals surface area contributed by atoms with Crippen LogP contribution in [0.25, 0.3) is 11.4 Å². The first-order valence-corrected chi connectivity index (χ1v) is 8.09. The van der Waals surface area contributed by atoms with Crippen molar-refractivity contribution in [3.05, 3.63) is 29.8 Å². The second-order valence-electron chi connectivity index (χ2n) is 5.04. The molecule has 0 aliphatic rings. The number of ether oxygens (including phenoxy) is 1. The van der Waals surface area contributed by atoms with Crippen LogP contribution in [0, 0.1) is 6.92 Å². The summed E-state index contributed by atoms with van der Waals surface area (Å²) >= 11 is 1.22. The molecule has 1 aromatic carbocycles. The highest BCUT2D eigenvalue weighted by atomic mass is 32.2. The molecule has 1 heterocycles. The SMILES string of the molecule is CCC(C)OC(=O)CSc1nnc(-c2ccc(C)cc2)n1N. The second kappa shape index (κ2) is 7.31. The molecule has 0 aliphatic heterocycles. The average molecular weight is 320 g/mol. The number of carbonyl (C=O) groups is 1. The lowest BCUT2D eigenvalue weighted by atomic mass is 10.1. The number of benzene rings is 1. The van der Waals surface area contributed by atoms with Crippen molar-refractivity contribution in [2.24, 2.45) is 0 Å². The number of hydrogen-bond donors (Lipinski definition) is 1. The van der Waals surface area contributed by atoms with Crippen LogP contribution in [-0.2, 0) is 9.53 Å². The van der Waals surface area contributed by atoms with Gasteiger partial charge in [0.15, 0.2) is 5.82 Å². The second-order valence-corrected chi connectivity index (χ2v) is 5.98. The van der Waals surface area contributed by atoms with Crippen molar-refractivity contribution < 1.29 is 9.53 Å². The van der Waals surface area contributed by atoms with Crippen molar-refractivity contribution in [1.29, 1.82) is 0 Å². The highest BCUT2D eigenvalue weighted by Gasteiger charge is 2.15. The molecule has 2 N–H and O–H groups in total. The molecule has 1 atom stereocenters. The maximum atomic E-state index is 11.7. The molecule has 2 rings (SSSR count). The van der Waals surface area contributed by atoms with Crippen LogP contribution in [0.1, 0.15) is 25.8 Å². The van der Waals surface area contributed by atoms with Gasteiger partial charge in [0.25, 0.3) is 0 Å². The fourth-order valence-electron chi connectivity index (χ4n) is 1.74. The van der Waals surface area contributed by atoms with Gasteiger partial charge in [0.1, 0.15) is 0 Å². The van der Waals surface area contributed by atoms with Gasteiger partial charge in [0, 0.05) is 5.56 Å². The van der Waals surface area contributed by atoms with Crippen LogP contribution >= 0.6 is 11.8 Å². The van der Waals surface area contributed by atoms with Crippen molar-refractivity contribution >= 4 is 17.7 Å². The summed E-state index contributed by atoms with van der Waals surface area (Å²) in [6.45, 7) is 5.85. The number of esters is 1. The Morgan fingerprint density at radius 2 is 2.05 bits per heavy atom. The van der Waals surface area contributed by atoms with E-state index in [1.807, 2.05) is 45.0 Å². The molecule has 0 bridgehead atoms. The van der Waals surface area contributed by atoms with Gasteiger partial charge < -0.3 is 10.6 Å². The maximum absolute atomic E-state index is 11.7. The molecular weight excluding hydrogens is 300 g/mol. The van der Waals surface area contributed by atoms with E-state index < -0.39 is 0 Å². The van der Waals surface area contributed by atoms with Gasteiger partial charge in [-0.15, -0.1) is 10.2 Å². The van der Waals surface area contributed by atoms with Crippen molar-refractivity contribution in [3.8, 4) is 11.4 Å². The summed E-state index contributed by atoms with van der Waals surface area (Å²) in [6.07, 6.45) is 0.716. The van der Waals surface area contributed by atoms with Crippen LogP contribution in [0.3, 0.4) is 0 Å². The molecule has 6 nitrogen and oxygen atoms in total. The Balaban J connectivity index is 2.02. The summed E-state index contributed by atoms with van der Waals surface area (Å²) < 4.78 is 6.60. The maximum Gasteiger partial charge on any atom is 0.316 e. The van der Waals surface area contributed by atoms with E-state index in [1.54, 1.807) is 0 Å². The molecule has 22 heavy (non-hydrogen) atoms. The first-order valence-electron chi connectivity index (χ1n) is 7.11. The largest absolute Gasteiger partial charge is 0.462 e. The number of rotatable bonds is 6. The predicted molar refractivity (Wildman–Crippen MR) is 86.9 cm³/mol. The fraction of sp³-hybridized carbons (Fsp3) is 0.400. The predicted octanol–water partition coefficient (Wildman–Crippen LogP) is 2.40. The molecule has 7 heteroatoms. The zero-order valence-corrected chi connectivity index (χ0v) is 13.8. The fourth-order valence-corrected chi connectivity index (χ4v) is 2.38.